The number of hydrogen-bond acceptors (Lipinski definition) is 2. The number of para-hydroxylation sites is 1. The van der Waals surface area contributed by atoms with E-state index in [1.165, 1.54) is 6.08 Å². The highest BCUT2D eigenvalue weighted by Crippen LogP contribution is 2.23. The molecule has 0 radical (unpaired) electrons. The van der Waals surface area contributed by atoms with E-state index in [4.69, 9.17) is 4.74 Å². The number of anilines is 1. The Morgan fingerprint density at radius 2 is 1.70 bits per heavy atom. The van der Waals surface area contributed by atoms with Crippen molar-refractivity contribution in [3.05, 3.63) is 78.4 Å². The standard InChI is InChI=1S/C20H17NO2/c1-23-19-12-5-3-8-16(19)13-14-20(22)21-18-11-6-9-15-7-2-4-10-17(15)18/h2-14H,1H3,(H,21,22). The van der Waals surface area contributed by atoms with E-state index in [0.717, 1.165) is 27.8 Å². The van der Waals surface area contributed by atoms with Crippen LogP contribution in [0.25, 0.3) is 16.8 Å². The Morgan fingerprint density at radius 1 is 0.957 bits per heavy atom. The van der Waals surface area contributed by atoms with Gasteiger partial charge in [0.15, 0.2) is 0 Å². The highest BCUT2D eigenvalue weighted by molar-refractivity contribution is 6.07. The molecule has 0 spiro atoms. The van der Waals surface area contributed by atoms with Crippen LogP contribution in [0.3, 0.4) is 0 Å². The summed E-state index contributed by atoms with van der Waals surface area (Å²) in [5.74, 6) is 0.564. The van der Waals surface area contributed by atoms with Crippen molar-refractivity contribution in [2.45, 2.75) is 0 Å². The summed E-state index contributed by atoms with van der Waals surface area (Å²) in [6, 6.07) is 21.4. The second-order valence-corrected chi connectivity index (χ2v) is 5.09. The van der Waals surface area contributed by atoms with Crippen LogP contribution in [0, 0.1) is 0 Å². The largest absolute Gasteiger partial charge is 0.496 e. The molecule has 0 heterocycles. The summed E-state index contributed by atoms with van der Waals surface area (Å²) in [6.45, 7) is 0. The molecule has 0 saturated heterocycles. The molecule has 3 aromatic carbocycles. The number of amides is 1. The maximum Gasteiger partial charge on any atom is 0.248 e. The number of carbonyl (C=O) groups is 1. The summed E-state index contributed by atoms with van der Waals surface area (Å²) in [5, 5.41) is 5.04. The average molecular weight is 303 g/mol. The third kappa shape index (κ3) is 3.40. The highest BCUT2D eigenvalue weighted by Gasteiger charge is 2.03. The summed E-state index contributed by atoms with van der Waals surface area (Å²) in [7, 11) is 1.61. The zero-order chi connectivity index (χ0) is 16.1. The zero-order valence-electron chi connectivity index (χ0n) is 12.8. The molecule has 1 N–H and O–H groups in total. The molecule has 0 unspecified atom stereocenters. The minimum absolute atomic E-state index is 0.174. The van der Waals surface area contributed by atoms with Crippen LogP contribution in [0.5, 0.6) is 5.75 Å². The Hall–Kier alpha value is -3.07. The lowest BCUT2D eigenvalue weighted by molar-refractivity contribution is -0.111. The van der Waals surface area contributed by atoms with Crippen LogP contribution in [-0.4, -0.2) is 13.0 Å². The van der Waals surface area contributed by atoms with E-state index in [2.05, 4.69) is 5.32 Å². The van der Waals surface area contributed by atoms with Crippen molar-refractivity contribution in [2.24, 2.45) is 0 Å². The van der Waals surface area contributed by atoms with Crippen LogP contribution in [0.2, 0.25) is 0 Å². The molecule has 23 heavy (non-hydrogen) atoms. The van der Waals surface area contributed by atoms with E-state index in [1.54, 1.807) is 13.2 Å². The molecule has 0 aliphatic heterocycles. The first-order valence-corrected chi connectivity index (χ1v) is 7.38. The number of carbonyl (C=O) groups excluding carboxylic acids is 1. The molecule has 0 fully saturated rings. The Morgan fingerprint density at radius 3 is 2.57 bits per heavy atom. The quantitative estimate of drug-likeness (QED) is 0.721. The molecular weight excluding hydrogens is 286 g/mol. The monoisotopic (exact) mass is 303 g/mol. The summed E-state index contributed by atoms with van der Waals surface area (Å²) < 4.78 is 5.27. The minimum Gasteiger partial charge on any atom is -0.496 e. The molecule has 3 heteroatoms. The van der Waals surface area contributed by atoms with Crippen molar-refractivity contribution >= 4 is 28.4 Å². The lowest BCUT2D eigenvalue weighted by Crippen LogP contribution is -2.08. The lowest BCUT2D eigenvalue weighted by atomic mass is 10.1. The van der Waals surface area contributed by atoms with Crippen LogP contribution in [0.4, 0.5) is 5.69 Å². The molecule has 3 nitrogen and oxygen atoms in total. The van der Waals surface area contributed by atoms with Gasteiger partial charge in [0.25, 0.3) is 0 Å². The third-order valence-electron chi connectivity index (χ3n) is 3.60. The minimum atomic E-state index is -0.174. The summed E-state index contributed by atoms with van der Waals surface area (Å²) >= 11 is 0. The number of methoxy groups -OCH3 is 1. The van der Waals surface area contributed by atoms with E-state index >= 15 is 0 Å². The predicted octanol–water partition coefficient (Wildman–Crippen LogP) is 4.50. The number of nitrogens with one attached hydrogen (secondary N) is 1. The van der Waals surface area contributed by atoms with Gasteiger partial charge in [-0.15, -0.1) is 0 Å². The first-order chi connectivity index (χ1) is 11.3. The van der Waals surface area contributed by atoms with Gasteiger partial charge >= 0.3 is 0 Å². The summed E-state index contributed by atoms with van der Waals surface area (Å²) in [5.41, 5.74) is 1.67. The van der Waals surface area contributed by atoms with Gasteiger partial charge in [-0.25, -0.2) is 0 Å². The van der Waals surface area contributed by atoms with Gasteiger partial charge in [-0.2, -0.15) is 0 Å². The summed E-state index contributed by atoms with van der Waals surface area (Å²) in [6.07, 6.45) is 3.26. The maximum atomic E-state index is 12.2. The van der Waals surface area contributed by atoms with Crippen molar-refractivity contribution in [1.82, 2.24) is 0 Å². The fourth-order valence-electron chi connectivity index (χ4n) is 2.48. The van der Waals surface area contributed by atoms with Crippen molar-refractivity contribution in [1.29, 1.82) is 0 Å². The van der Waals surface area contributed by atoms with Crippen LogP contribution >= 0.6 is 0 Å². The molecule has 114 valence electrons. The van der Waals surface area contributed by atoms with Gasteiger partial charge in [0.2, 0.25) is 5.91 Å². The zero-order valence-corrected chi connectivity index (χ0v) is 12.8. The topological polar surface area (TPSA) is 38.3 Å². The van der Waals surface area contributed by atoms with E-state index in [-0.39, 0.29) is 5.91 Å². The van der Waals surface area contributed by atoms with Crippen LogP contribution < -0.4 is 10.1 Å². The normalized spacial score (nSPS) is 10.8. The number of hydrogen-bond donors (Lipinski definition) is 1. The SMILES string of the molecule is COc1ccccc1C=CC(=O)Nc1cccc2ccccc12. The number of fused-ring (bicyclic) bond motifs is 1. The summed E-state index contributed by atoms with van der Waals surface area (Å²) in [4.78, 5) is 12.2. The molecule has 0 aliphatic carbocycles. The molecule has 1 amide bonds. The van der Waals surface area contributed by atoms with Crippen LogP contribution in [0.1, 0.15) is 5.56 Å². The van der Waals surface area contributed by atoms with Crippen molar-refractivity contribution in [2.75, 3.05) is 12.4 Å². The number of rotatable bonds is 4. The molecule has 0 aromatic heterocycles. The molecule has 3 rings (SSSR count). The van der Waals surface area contributed by atoms with E-state index < -0.39 is 0 Å². The Bertz CT molecular complexity index is 863. The Labute approximate surface area is 135 Å². The van der Waals surface area contributed by atoms with Gasteiger partial charge in [0.1, 0.15) is 5.75 Å². The fraction of sp³-hybridized carbons (Fsp3) is 0.0500. The van der Waals surface area contributed by atoms with E-state index in [0.29, 0.717) is 0 Å². The first kappa shape index (κ1) is 14.9. The molecular formula is C20H17NO2. The fourth-order valence-corrected chi connectivity index (χ4v) is 2.48. The van der Waals surface area contributed by atoms with E-state index in [1.807, 2.05) is 66.7 Å². The Balaban J connectivity index is 1.80. The van der Waals surface area contributed by atoms with Crippen molar-refractivity contribution in [3.8, 4) is 5.75 Å². The van der Waals surface area contributed by atoms with Crippen LogP contribution in [0.15, 0.2) is 72.8 Å². The van der Waals surface area contributed by atoms with Crippen molar-refractivity contribution < 1.29 is 9.53 Å². The third-order valence-corrected chi connectivity index (χ3v) is 3.60. The smallest absolute Gasteiger partial charge is 0.248 e. The van der Waals surface area contributed by atoms with Gasteiger partial charge < -0.3 is 10.1 Å². The molecule has 0 saturated carbocycles. The lowest BCUT2D eigenvalue weighted by Gasteiger charge is -2.07. The molecule has 0 aliphatic rings. The second-order valence-electron chi connectivity index (χ2n) is 5.09. The number of ether oxygens (including phenoxy) is 1. The molecule has 0 atom stereocenters. The predicted molar refractivity (Wildman–Crippen MR) is 94.6 cm³/mol. The molecule has 3 aromatic rings. The average Bonchev–Trinajstić information content (AvgIpc) is 2.60. The second kappa shape index (κ2) is 6.79. The van der Waals surface area contributed by atoms with Crippen LogP contribution in [-0.2, 0) is 4.79 Å². The first-order valence-electron chi connectivity index (χ1n) is 7.38. The van der Waals surface area contributed by atoms with Gasteiger partial charge in [-0.3, -0.25) is 4.79 Å². The maximum absolute atomic E-state index is 12.2. The van der Waals surface area contributed by atoms with Gasteiger partial charge in [-0.1, -0.05) is 54.6 Å². The van der Waals surface area contributed by atoms with Gasteiger partial charge in [-0.05, 0) is 23.6 Å². The van der Waals surface area contributed by atoms with Gasteiger partial charge in [0.05, 0.1) is 7.11 Å². The highest BCUT2D eigenvalue weighted by atomic mass is 16.5. The number of benzene rings is 3. The van der Waals surface area contributed by atoms with Gasteiger partial charge in [0, 0.05) is 22.7 Å². The van der Waals surface area contributed by atoms with Crippen molar-refractivity contribution in [3.63, 3.8) is 0 Å². The molecule has 0 bridgehead atoms. The van der Waals surface area contributed by atoms with E-state index in [9.17, 15) is 4.79 Å². The Kier molecular flexibility index (Phi) is 4.39.